The van der Waals surface area contributed by atoms with Crippen molar-refractivity contribution >= 4 is 116 Å². The standard InChI is InChI=1S/C66H104N14O11.3BrH/c1-39(2)35-48-59(84)70-45(25-15-16-30-67)58(83)75-50(37-43-21-11-9-12-22-43)65(90)79-33-19-28-52(79)61(86)77-55(42(7)8)64(89)72-47(27-18-32-69)57(82)74-49(36-40(3)4)60(85)76-51(38-44-23-13-10-14-24-44)66(91)80-34-20-29-53(80)62(87)78-54(41(5)6)63(88)71-46(26-17-31-68)56(81)73-48;;;/h9-14,21-24,39-42,45-55H,15-20,25-38,67-69H2,1-8H3,(H,70,84)(H,71,88)(H,72,89)(H,73,81)(H,74,82)(H,75,83)(H,76,85)(H,77,86)(H,78,87);3*1H/t45-,46-,47-,48-,49-,50+,51+,52-,53-,54-,55-;;;/m0.../s1. The maximum Gasteiger partial charge on any atom is 0.246 e. The summed E-state index contributed by atoms with van der Waals surface area (Å²) in [6.07, 6.45) is 3.13. The minimum absolute atomic E-state index is 0. The average molecular weight is 1510 g/mol. The van der Waals surface area contributed by atoms with E-state index in [2.05, 4.69) is 47.9 Å². The molecule has 3 fully saturated rings. The van der Waals surface area contributed by atoms with Gasteiger partial charge in [-0.15, -0.1) is 50.9 Å². The molecule has 11 atom stereocenters. The van der Waals surface area contributed by atoms with E-state index < -0.39 is 143 Å². The van der Waals surface area contributed by atoms with Gasteiger partial charge in [0.15, 0.2) is 0 Å². The van der Waals surface area contributed by atoms with Crippen LogP contribution in [0.4, 0.5) is 0 Å². The Morgan fingerprint density at radius 2 is 0.670 bits per heavy atom. The van der Waals surface area contributed by atoms with Crippen molar-refractivity contribution < 1.29 is 52.7 Å². The van der Waals surface area contributed by atoms with Gasteiger partial charge in [0, 0.05) is 25.9 Å². The minimum atomic E-state index is -1.26. The second-order valence-electron chi connectivity index (χ2n) is 26.1. The van der Waals surface area contributed by atoms with Gasteiger partial charge >= 0.3 is 0 Å². The van der Waals surface area contributed by atoms with Crippen molar-refractivity contribution in [3.05, 3.63) is 71.8 Å². The molecule has 15 N–H and O–H groups in total. The zero-order valence-electron chi connectivity index (χ0n) is 55.9. The smallest absolute Gasteiger partial charge is 0.246 e. The summed E-state index contributed by atoms with van der Waals surface area (Å²) in [5.74, 6) is -8.83. The van der Waals surface area contributed by atoms with Crippen LogP contribution in [-0.4, -0.2) is 174 Å². The number of unbranched alkanes of at least 4 members (excludes halogenated alkanes) is 1. The Morgan fingerprint density at radius 1 is 0.372 bits per heavy atom. The number of hydrogen-bond donors (Lipinski definition) is 12. The van der Waals surface area contributed by atoms with E-state index in [0.717, 1.165) is 0 Å². The summed E-state index contributed by atoms with van der Waals surface area (Å²) in [6.45, 7) is 15.1. The molecule has 0 saturated carbocycles. The molecule has 11 amide bonds. The maximum absolute atomic E-state index is 15.0. The topological polar surface area (TPSA) is 381 Å². The van der Waals surface area contributed by atoms with Gasteiger partial charge in [0.1, 0.15) is 66.5 Å². The van der Waals surface area contributed by atoms with Crippen LogP contribution in [0.2, 0.25) is 0 Å². The fraction of sp³-hybridized carbons (Fsp3) is 0.652. The first kappa shape index (κ1) is 84.0. The van der Waals surface area contributed by atoms with E-state index in [1.807, 2.05) is 27.7 Å². The summed E-state index contributed by atoms with van der Waals surface area (Å²) in [4.78, 5) is 164. The van der Waals surface area contributed by atoms with Gasteiger partial charge in [-0.3, -0.25) is 52.7 Å². The molecular formula is C66H107Br3N14O11. The quantitative estimate of drug-likeness (QED) is 0.0849. The third-order valence-electron chi connectivity index (χ3n) is 16.9. The third kappa shape index (κ3) is 25.8. The highest BCUT2D eigenvalue weighted by Gasteiger charge is 2.43. The fourth-order valence-electron chi connectivity index (χ4n) is 11.9. The highest BCUT2D eigenvalue weighted by Crippen LogP contribution is 2.24. The minimum Gasteiger partial charge on any atom is -0.343 e. The Morgan fingerprint density at radius 3 is 0.989 bits per heavy atom. The van der Waals surface area contributed by atoms with Crippen molar-refractivity contribution in [2.45, 2.75) is 218 Å². The van der Waals surface area contributed by atoms with Crippen LogP contribution < -0.4 is 65.1 Å². The van der Waals surface area contributed by atoms with Crippen molar-refractivity contribution in [2.75, 3.05) is 32.7 Å². The summed E-state index contributed by atoms with van der Waals surface area (Å²) in [7, 11) is 0. The maximum atomic E-state index is 15.0. The lowest BCUT2D eigenvalue weighted by atomic mass is 9.99. The molecule has 2 aromatic rings. The van der Waals surface area contributed by atoms with Gasteiger partial charge < -0.3 is 74.9 Å². The van der Waals surface area contributed by atoms with E-state index >= 15 is 9.59 Å². The number of halogens is 3. The van der Waals surface area contributed by atoms with E-state index in [9.17, 15) is 43.2 Å². The zero-order valence-corrected chi connectivity index (χ0v) is 61.1. The molecule has 0 bridgehead atoms. The van der Waals surface area contributed by atoms with Crippen LogP contribution in [0.1, 0.15) is 150 Å². The lowest BCUT2D eigenvalue weighted by Crippen LogP contribution is -2.61. The van der Waals surface area contributed by atoms with Crippen LogP contribution in [0.5, 0.6) is 0 Å². The van der Waals surface area contributed by atoms with Crippen LogP contribution >= 0.6 is 50.9 Å². The Hall–Kier alpha value is -6.07. The summed E-state index contributed by atoms with van der Waals surface area (Å²) >= 11 is 0. The number of fused-ring (bicyclic) bond motifs is 2. The summed E-state index contributed by atoms with van der Waals surface area (Å²) in [5.41, 5.74) is 19.2. The molecule has 0 aromatic heterocycles. The molecule has 5 rings (SSSR count). The predicted molar refractivity (Wildman–Crippen MR) is 376 cm³/mol. The molecule has 3 aliphatic heterocycles. The highest BCUT2D eigenvalue weighted by molar-refractivity contribution is 8.93. The molecule has 94 heavy (non-hydrogen) atoms. The molecule has 528 valence electrons. The second kappa shape index (κ2) is 42.5. The first-order valence-corrected chi connectivity index (χ1v) is 32.9. The normalized spacial score (nSPS) is 25.4. The van der Waals surface area contributed by atoms with E-state index in [-0.39, 0.29) is 166 Å². The van der Waals surface area contributed by atoms with Crippen molar-refractivity contribution in [1.82, 2.24) is 57.7 Å². The highest BCUT2D eigenvalue weighted by atomic mass is 79.9. The van der Waals surface area contributed by atoms with Crippen LogP contribution in [0.25, 0.3) is 0 Å². The van der Waals surface area contributed by atoms with Gasteiger partial charge in [-0.1, -0.05) is 116 Å². The fourth-order valence-corrected chi connectivity index (χ4v) is 11.9. The Kier molecular flexibility index (Phi) is 38.0. The van der Waals surface area contributed by atoms with Crippen LogP contribution in [-0.2, 0) is 65.6 Å². The summed E-state index contributed by atoms with van der Waals surface area (Å²) < 4.78 is 0. The Labute approximate surface area is 586 Å². The summed E-state index contributed by atoms with van der Waals surface area (Å²) in [6, 6.07) is 4.63. The molecule has 3 saturated heterocycles. The van der Waals surface area contributed by atoms with Crippen molar-refractivity contribution in [2.24, 2.45) is 40.9 Å². The number of carbonyl (C=O) groups excluding carboxylic acids is 11. The van der Waals surface area contributed by atoms with Crippen molar-refractivity contribution in [1.29, 1.82) is 0 Å². The number of carbonyl (C=O) groups is 11. The van der Waals surface area contributed by atoms with Crippen LogP contribution in [0.3, 0.4) is 0 Å². The predicted octanol–water partition coefficient (Wildman–Crippen LogP) is 2.58. The van der Waals surface area contributed by atoms with E-state index in [1.165, 1.54) is 9.80 Å². The number of nitrogens with one attached hydrogen (secondary N) is 9. The molecule has 0 spiro atoms. The van der Waals surface area contributed by atoms with Crippen molar-refractivity contribution in [3.63, 3.8) is 0 Å². The monoisotopic (exact) mass is 1510 g/mol. The van der Waals surface area contributed by atoms with Crippen LogP contribution in [0, 0.1) is 23.7 Å². The number of benzene rings is 2. The number of amides is 11. The molecule has 25 nitrogen and oxygen atoms in total. The Bertz CT molecular complexity index is 2770. The number of hydrogen-bond acceptors (Lipinski definition) is 14. The lowest BCUT2D eigenvalue weighted by Gasteiger charge is -2.32. The van der Waals surface area contributed by atoms with E-state index in [4.69, 9.17) is 17.2 Å². The molecule has 0 radical (unpaired) electrons. The molecule has 28 heteroatoms. The van der Waals surface area contributed by atoms with Gasteiger partial charge in [-0.2, -0.15) is 0 Å². The van der Waals surface area contributed by atoms with Gasteiger partial charge in [-0.05, 0) is 138 Å². The largest absolute Gasteiger partial charge is 0.343 e. The van der Waals surface area contributed by atoms with Gasteiger partial charge in [0.2, 0.25) is 65.0 Å². The van der Waals surface area contributed by atoms with Gasteiger partial charge in [0.25, 0.3) is 0 Å². The molecular weight excluding hydrogens is 1400 g/mol. The summed E-state index contributed by atoms with van der Waals surface area (Å²) in [5, 5.41) is 25.7. The third-order valence-corrected chi connectivity index (χ3v) is 16.9. The first-order valence-electron chi connectivity index (χ1n) is 32.9. The second-order valence-corrected chi connectivity index (χ2v) is 26.1. The molecule has 0 aliphatic carbocycles. The van der Waals surface area contributed by atoms with E-state index in [0.29, 0.717) is 36.8 Å². The molecule has 3 aliphatic rings. The first-order chi connectivity index (χ1) is 43.4. The zero-order chi connectivity index (χ0) is 66.9. The lowest BCUT2D eigenvalue weighted by molar-refractivity contribution is -0.143. The average Bonchev–Trinajstić information content (AvgIpc) is 1.59. The Balaban J connectivity index is 0.0000100. The number of nitrogens with two attached hydrogens (primary N) is 3. The van der Waals surface area contributed by atoms with E-state index in [1.54, 1.807) is 88.4 Å². The molecule has 2 aromatic carbocycles. The molecule has 0 unspecified atom stereocenters. The van der Waals surface area contributed by atoms with Gasteiger partial charge in [0.05, 0.1) is 0 Å². The number of rotatable bonds is 20. The SMILES string of the molecule is Br.Br.Br.CC(C)C[C@@H]1NC(=O)[C@H](CCCN)NC(=O)[C@H](C(C)C)NC(=O)[C@@H]2CCCN2C(=O)[C@@H](Cc2ccccc2)NC(=O)[C@H](CC(C)C)NC(=O)[C@H](CCCN)NC(=O)[C@H](C(C)C)NC(=O)[C@@H]2CCCN2C(=O)[C@@H](Cc2ccccc2)NC(=O)[C@H](CCCCN)NC1=O. The van der Waals surface area contributed by atoms with Crippen molar-refractivity contribution in [3.8, 4) is 0 Å². The van der Waals surface area contributed by atoms with Gasteiger partial charge in [-0.25, -0.2) is 0 Å². The molecule has 3 heterocycles. The number of nitrogens with zero attached hydrogens (tertiary/aromatic N) is 2. The van der Waals surface area contributed by atoms with Crippen LogP contribution in [0.15, 0.2) is 60.7 Å².